The van der Waals surface area contributed by atoms with E-state index in [0.29, 0.717) is 10.6 Å². The van der Waals surface area contributed by atoms with Gasteiger partial charge in [-0.05, 0) is 41.8 Å². The number of hydrogen-bond acceptors (Lipinski definition) is 5. The second kappa shape index (κ2) is 5.41. The standard InChI is InChI=1S/C15H11NO4S/c1-19-15(18)13-8-9-7-10(4-5-12(9)21-13)16-14(17)11-3-2-6-20-11/h2-8H,1H3,(H,16,17). The molecule has 2 aromatic heterocycles. The van der Waals surface area contributed by atoms with Crippen molar-refractivity contribution in [3.05, 3.63) is 53.3 Å². The summed E-state index contributed by atoms with van der Waals surface area (Å²) in [6.07, 6.45) is 1.44. The lowest BCUT2D eigenvalue weighted by Gasteiger charge is -2.02. The number of fused-ring (bicyclic) bond motifs is 1. The molecule has 106 valence electrons. The van der Waals surface area contributed by atoms with E-state index in [1.807, 2.05) is 6.07 Å². The van der Waals surface area contributed by atoms with E-state index in [1.54, 1.807) is 30.3 Å². The maximum Gasteiger partial charge on any atom is 0.348 e. The summed E-state index contributed by atoms with van der Waals surface area (Å²) in [7, 11) is 1.35. The van der Waals surface area contributed by atoms with E-state index in [-0.39, 0.29) is 17.6 Å². The van der Waals surface area contributed by atoms with E-state index in [0.717, 1.165) is 10.1 Å². The zero-order valence-corrected chi connectivity index (χ0v) is 11.9. The molecule has 0 atom stereocenters. The van der Waals surface area contributed by atoms with Crippen molar-refractivity contribution in [2.45, 2.75) is 0 Å². The number of anilines is 1. The summed E-state index contributed by atoms with van der Waals surface area (Å²) in [5.74, 6) is -0.434. The number of thiophene rings is 1. The summed E-state index contributed by atoms with van der Waals surface area (Å²) < 4.78 is 10.7. The van der Waals surface area contributed by atoms with Gasteiger partial charge in [-0.25, -0.2) is 4.79 Å². The van der Waals surface area contributed by atoms with Crippen LogP contribution in [0.1, 0.15) is 20.2 Å². The normalized spacial score (nSPS) is 10.5. The van der Waals surface area contributed by atoms with Crippen LogP contribution in [0.5, 0.6) is 0 Å². The Bertz CT molecular complexity index is 804. The number of nitrogens with one attached hydrogen (secondary N) is 1. The van der Waals surface area contributed by atoms with Gasteiger partial charge in [0.05, 0.1) is 13.4 Å². The van der Waals surface area contributed by atoms with Crippen molar-refractivity contribution in [3.8, 4) is 0 Å². The third-order valence-electron chi connectivity index (χ3n) is 2.91. The Balaban J connectivity index is 1.87. The average Bonchev–Trinajstić information content (AvgIpc) is 3.15. The number of carbonyl (C=O) groups excluding carboxylic acids is 2. The van der Waals surface area contributed by atoms with Crippen LogP contribution in [-0.2, 0) is 4.74 Å². The molecule has 2 heterocycles. The summed E-state index contributed by atoms with van der Waals surface area (Å²) in [5.41, 5.74) is 0.637. The van der Waals surface area contributed by atoms with Crippen LogP contribution in [0.2, 0.25) is 0 Å². The molecule has 0 aliphatic heterocycles. The molecule has 21 heavy (non-hydrogen) atoms. The lowest BCUT2D eigenvalue weighted by Crippen LogP contribution is -2.10. The second-order valence-electron chi connectivity index (χ2n) is 4.29. The molecule has 1 aromatic carbocycles. The highest BCUT2D eigenvalue weighted by molar-refractivity contribution is 7.20. The Kier molecular flexibility index (Phi) is 3.45. The summed E-state index contributed by atoms with van der Waals surface area (Å²) in [6.45, 7) is 0. The Morgan fingerprint density at radius 3 is 2.81 bits per heavy atom. The van der Waals surface area contributed by atoms with Crippen LogP contribution in [0, 0.1) is 0 Å². The van der Waals surface area contributed by atoms with E-state index in [1.165, 1.54) is 24.7 Å². The Hall–Kier alpha value is -2.60. The van der Waals surface area contributed by atoms with Gasteiger partial charge in [0.15, 0.2) is 5.76 Å². The molecule has 0 aliphatic carbocycles. The average molecular weight is 301 g/mol. The molecule has 3 rings (SSSR count). The van der Waals surface area contributed by atoms with Gasteiger partial charge in [-0.3, -0.25) is 4.79 Å². The number of methoxy groups -OCH3 is 1. The molecule has 0 fully saturated rings. The van der Waals surface area contributed by atoms with Crippen molar-refractivity contribution in [2.75, 3.05) is 12.4 Å². The largest absolute Gasteiger partial charge is 0.465 e. The first kappa shape index (κ1) is 13.4. The minimum atomic E-state index is -0.364. The van der Waals surface area contributed by atoms with Crippen molar-refractivity contribution in [1.29, 1.82) is 0 Å². The van der Waals surface area contributed by atoms with E-state index in [4.69, 9.17) is 9.15 Å². The second-order valence-corrected chi connectivity index (χ2v) is 5.37. The van der Waals surface area contributed by atoms with Crippen molar-refractivity contribution in [1.82, 2.24) is 0 Å². The summed E-state index contributed by atoms with van der Waals surface area (Å²) >= 11 is 1.35. The number of esters is 1. The van der Waals surface area contributed by atoms with E-state index >= 15 is 0 Å². The lowest BCUT2D eigenvalue weighted by atomic mass is 10.2. The Labute approximate surface area is 124 Å². The molecule has 1 amide bonds. The van der Waals surface area contributed by atoms with Gasteiger partial charge in [0.25, 0.3) is 5.91 Å². The third kappa shape index (κ3) is 2.66. The first-order valence-electron chi connectivity index (χ1n) is 6.14. The molecular weight excluding hydrogens is 290 g/mol. The van der Waals surface area contributed by atoms with E-state index < -0.39 is 0 Å². The molecule has 1 N–H and O–H groups in total. The smallest absolute Gasteiger partial charge is 0.348 e. The number of amides is 1. The quantitative estimate of drug-likeness (QED) is 0.751. The molecule has 0 bridgehead atoms. The minimum Gasteiger partial charge on any atom is -0.465 e. The highest BCUT2D eigenvalue weighted by Crippen LogP contribution is 2.28. The predicted octanol–water partition coefficient (Wildman–Crippen LogP) is 3.53. The van der Waals surface area contributed by atoms with Crippen LogP contribution >= 0.6 is 11.3 Å². The number of ether oxygens (including phenoxy) is 1. The summed E-state index contributed by atoms with van der Waals surface area (Å²) in [5, 5.41) is 3.62. The zero-order chi connectivity index (χ0) is 14.8. The van der Waals surface area contributed by atoms with Crippen molar-refractivity contribution < 1.29 is 18.7 Å². The fourth-order valence-electron chi connectivity index (χ4n) is 1.92. The van der Waals surface area contributed by atoms with Gasteiger partial charge in [-0.1, -0.05) is 0 Å². The fraction of sp³-hybridized carbons (Fsp3) is 0.0667. The highest BCUT2D eigenvalue weighted by Gasteiger charge is 2.12. The van der Waals surface area contributed by atoms with Crippen molar-refractivity contribution in [3.63, 3.8) is 0 Å². The highest BCUT2D eigenvalue weighted by atomic mass is 32.1. The molecule has 5 nitrogen and oxygen atoms in total. The van der Waals surface area contributed by atoms with Gasteiger partial charge in [0.1, 0.15) is 4.88 Å². The van der Waals surface area contributed by atoms with Gasteiger partial charge in [0, 0.05) is 10.4 Å². The van der Waals surface area contributed by atoms with Crippen LogP contribution < -0.4 is 5.32 Å². The molecule has 0 saturated heterocycles. The van der Waals surface area contributed by atoms with Gasteiger partial charge in [0.2, 0.25) is 0 Å². The zero-order valence-electron chi connectivity index (χ0n) is 11.1. The number of benzene rings is 1. The molecule has 0 unspecified atom stereocenters. The van der Waals surface area contributed by atoms with Crippen molar-refractivity contribution >= 4 is 39.0 Å². The first-order chi connectivity index (χ1) is 10.2. The molecule has 0 spiro atoms. The Morgan fingerprint density at radius 2 is 2.10 bits per heavy atom. The van der Waals surface area contributed by atoms with Crippen LogP contribution in [0.25, 0.3) is 10.1 Å². The molecule has 0 aliphatic rings. The SMILES string of the molecule is COC(=O)c1cc2cc(NC(=O)c3ccco3)ccc2s1. The number of hydrogen-bond donors (Lipinski definition) is 1. The monoisotopic (exact) mass is 301 g/mol. The minimum absolute atomic E-state index is 0.246. The van der Waals surface area contributed by atoms with Crippen LogP contribution in [0.4, 0.5) is 5.69 Å². The van der Waals surface area contributed by atoms with Gasteiger partial charge >= 0.3 is 5.97 Å². The topological polar surface area (TPSA) is 68.5 Å². The molecule has 0 saturated carbocycles. The van der Waals surface area contributed by atoms with Gasteiger partial charge in [-0.2, -0.15) is 0 Å². The van der Waals surface area contributed by atoms with Gasteiger partial charge < -0.3 is 14.5 Å². The van der Waals surface area contributed by atoms with Crippen molar-refractivity contribution in [2.24, 2.45) is 0 Å². The lowest BCUT2D eigenvalue weighted by molar-refractivity contribution is 0.0606. The van der Waals surface area contributed by atoms with Crippen LogP contribution in [0.3, 0.4) is 0 Å². The molecule has 3 aromatic rings. The van der Waals surface area contributed by atoms with Crippen LogP contribution in [0.15, 0.2) is 47.1 Å². The van der Waals surface area contributed by atoms with E-state index in [2.05, 4.69) is 5.32 Å². The summed E-state index contributed by atoms with van der Waals surface area (Å²) in [4.78, 5) is 23.9. The van der Waals surface area contributed by atoms with Crippen LogP contribution in [-0.4, -0.2) is 19.0 Å². The molecular formula is C15H11NO4S. The van der Waals surface area contributed by atoms with E-state index in [9.17, 15) is 9.59 Å². The summed E-state index contributed by atoms with van der Waals surface area (Å²) in [6, 6.07) is 10.4. The number of carbonyl (C=O) groups is 2. The number of furan rings is 1. The maximum absolute atomic E-state index is 11.9. The number of rotatable bonds is 3. The maximum atomic E-state index is 11.9. The Morgan fingerprint density at radius 1 is 1.24 bits per heavy atom. The third-order valence-corrected chi connectivity index (χ3v) is 4.00. The van der Waals surface area contributed by atoms with Gasteiger partial charge in [-0.15, -0.1) is 11.3 Å². The fourth-order valence-corrected chi connectivity index (χ4v) is 2.88. The first-order valence-corrected chi connectivity index (χ1v) is 6.96. The molecule has 6 heteroatoms. The predicted molar refractivity (Wildman–Crippen MR) is 79.8 cm³/mol. The molecule has 0 radical (unpaired) electrons.